The average Bonchev–Trinajstić information content (AvgIpc) is 3.12. The fraction of sp³-hybridized carbons (Fsp3) is 0.0526. The lowest BCUT2D eigenvalue weighted by Gasteiger charge is -2.08. The molecule has 0 unspecified atom stereocenters. The molecule has 3 heterocycles. The van der Waals surface area contributed by atoms with E-state index in [1.165, 1.54) is 35.2 Å². The van der Waals surface area contributed by atoms with Gasteiger partial charge in [-0.3, -0.25) is 9.78 Å². The number of nitrogens with zero attached hydrogens (tertiary/aromatic N) is 4. The Morgan fingerprint density at radius 2 is 1.70 bits per heavy atom. The molecule has 1 aromatic carbocycles. The van der Waals surface area contributed by atoms with Gasteiger partial charge in [0, 0.05) is 18.0 Å². The van der Waals surface area contributed by atoms with Crippen molar-refractivity contribution < 1.29 is 18.0 Å². The van der Waals surface area contributed by atoms with Crippen LogP contribution in [-0.2, 0) is 6.18 Å². The van der Waals surface area contributed by atoms with E-state index in [2.05, 4.69) is 15.1 Å². The molecule has 8 heteroatoms. The van der Waals surface area contributed by atoms with E-state index in [1.54, 1.807) is 24.3 Å². The van der Waals surface area contributed by atoms with Crippen molar-refractivity contribution in [3.8, 4) is 11.3 Å². The lowest BCUT2D eigenvalue weighted by atomic mass is 10.1. The van der Waals surface area contributed by atoms with E-state index in [-0.39, 0.29) is 17.0 Å². The van der Waals surface area contributed by atoms with Crippen LogP contribution in [0.4, 0.5) is 13.2 Å². The molecule has 0 amide bonds. The quantitative estimate of drug-likeness (QED) is 0.512. The normalized spacial score (nSPS) is 11.7. The van der Waals surface area contributed by atoms with Crippen molar-refractivity contribution in [1.29, 1.82) is 0 Å². The summed E-state index contributed by atoms with van der Waals surface area (Å²) < 4.78 is 39.7. The lowest BCUT2D eigenvalue weighted by Crippen LogP contribution is -2.05. The first-order valence-electron chi connectivity index (χ1n) is 7.91. The molecule has 0 N–H and O–H groups in total. The second kappa shape index (κ2) is 6.31. The standard InChI is InChI=1S/C19H11F3N4O/c20-19(21,22)13-6-4-12(5-7-13)16-8-10-24-18-14(11-25-26(16)18)17(27)15-3-1-2-9-23-15/h1-11H. The summed E-state index contributed by atoms with van der Waals surface area (Å²) in [5, 5.41) is 4.20. The third-order valence-electron chi connectivity index (χ3n) is 4.05. The Hall–Kier alpha value is -3.55. The minimum absolute atomic E-state index is 0.258. The van der Waals surface area contributed by atoms with Crippen LogP contribution in [0.5, 0.6) is 0 Å². The first-order valence-corrected chi connectivity index (χ1v) is 7.91. The van der Waals surface area contributed by atoms with Gasteiger partial charge in [-0.1, -0.05) is 18.2 Å². The molecule has 134 valence electrons. The van der Waals surface area contributed by atoms with Crippen molar-refractivity contribution in [1.82, 2.24) is 19.6 Å². The molecule has 0 saturated heterocycles. The van der Waals surface area contributed by atoms with Crippen LogP contribution < -0.4 is 0 Å². The molecular formula is C19H11F3N4O. The largest absolute Gasteiger partial charge is 0.416 e. The highest BCUT2D eigenvalue weighted by molar-refractivity contribution is 6.11. The number of benzene rings is 1. The Labute approximate surface area is 151 Å². The summed E-state index contributed by atoms with van der Waals surface area (Å²) in [6, 6.07) is 11.3. The van der Waals surface area contributed by atoms with Crippen molar-refractivity contribution >= 4 is 11.4 Å². The maximum absolute atomic E-state index is 12.8. The van der Waals surface area contributed by atoms with E-state index in [1.807, 2.05) is 0 Å². The molecule has 0 aliphatic rings. The monoisotopic (exact) mass is 368 g/mol. The summed E-state index contributed by atoms with van der Waals surface area (Å²) in [4.78, 5) is 20.9. The van der Waals surface area contributed by atoms with Gasteiger partial charge in [0.2, 0.25) is 5.78 Å². The maximum atomic E-state index is 12.8. The molecule has 0 bridgehead atoms. The minimum atomic E-state index is -4.40. The molecule has 0 atom stereocenters. The number of hydrogen-bond donors (Lipinski definition) is 0. The van der Waals surface area contributed by atoms with Crippen molar-refractivity contribution in [2.24, 2.45) is 0 Å². The van der Waals surface area contributed by atoms with Crippen LogP contribution in [0.25, 0.3) is 16.9 Å². The van der Waals surface area contributed by atoms with E-state index in [4.69, 9.17) is 0 Å². The van der Waals surface area contributed by atoms with Crippen LogP contribution in [0.1, 0.15) is 21.6 Å². The Morgan fingerprint density at radius 1 is 0.926 bits per heavy atom. The number of fused-ring (bicyclic) bond motifs is 1. The fourth-order valence-electron chi connectivity index (χ4n) is 2.74. The maximum Gasteiger partial charge on any atom is 0.416 e. The predicted octanol–water partition coefficient (Wildman–Crippen LogP) is 4.04. The second-order valence-electron chi connectivity index (χ2n) is 5.74. The fourth-order valence-corrected chi connectivity index (χ4v) is 2.74. The average molecular weight is 368 g/mol. The van der Waals surface area contributed by atoms with Crippen LogP contribution in [0.3, 0.4) is 0 Å². The molecule has 0 fully saturated rings. The number of carbonyl (C=O) groups is 1. The van der Waals surface area contributed by atoms with Crippen molar-refractivity contribution in [2.75, 3.05) is 0 Å². The summed E-state index contributed by atoms with van der Waals surface area (Å²) in [5.74, 6) is -0.331. The SMILES string of the molecule is O=C(c1ccccn1)c1cnn2c(-c3ccc(C(F)(F)F)cc3)ccnc12. The highest BCUT2D eigenvalue weighted by Gasteiger charge is 2.30. The zero-order chi connectivity index (χ0) is 19.0. The van der Waals surface area contributed by atoms with Crippen molar-refractivity contribution in [3.05, 3.63) is 83.9 Å². The van der Waals surface area contributed by atoms with Gasteiger partial charge in [0.25, 0.3) is 0 Å². The Morgan fingerprint density at radius 3 is 2.37 bits per heavy atom. The molecule has 5 nitrogen and oxygen atoms in total. The van der Waals surface area contributed by atoms with Gasteiger partial charge in [-0.15, -0.1) is 0 Å². The second-order valence-corrected chi connectivity index (χ2v) is 5.74. The molecule has 4 aromatic rings. The van der Waals surface area contributed by atoms with Crippen LogP contribution in [-0.4, -0.2) is 25.4 Å². The molecule has 4 rings (SSSR count). The van der Waals surface area contributed by atoms with Crippen molar-refractivity contribution in [3.63, 3.8) is 0 Å². The molecule has 0 saturated carbocycles. The number of ketones is 1. The molecule has 0 spiro atoms. The summed E-state index contributed by atoms with van der Waals surface area (Å²) in [6.07, 6.45) is -0.0216. The van der Waals surface area contributed by atoms with Gasteiger partial charge >= 0.3 is 6.18 Å². The highest BCUT2D eigenvalue weighted by Crippen LogP contribution is 2.31. The zero-order valence-electron chi connectivity index (χ0n) is 13.7. The minimum Gasteiger partial charge on any atom is -0.287 e. The number of rotatable bonds is 3. The van der Waals surface area contributed by atoms with E-state index >= 15 is 0 Å². The molecule has 27 heavy (non-hydrogen) atoms. The van der Waals surface area contributed by atoms with Gasteiger partial charge < -0.3 is 0 Å². The number of aromatic nitrogens is 4. The number of pyridine rings is 1. The van der Waals surface area contributed by atoms with E-state index in [0.29, 0.717) is 16.9 Å². The van der Waals surface area contributed by atoms with Gasteiger partial charge in [-0.05, 0) is 30.3 Å². The number of carbonyl (C=O) groups excluding carboxylic acids is 1. The van der Waals surface area contributed by atoms with Crippen molar-refractivity contribution in [2.45, 2.75) is 6.18 Å². The predicted molar refractivity (Wildman–Crippen MR) is 91.1 cm³/mol. The van der Waals surface area contributed by atoms with Gasteiger partial charge in [-0.25, -0.2) is 9.50 Å². The molecule has 0 radical (unpaired) electrons. The molecule has 0 aliphatic heterocycles. The van der Waals surface area contributed by atoms with Gasteiger partial charge in [0.05, 0.1) is 23.0 Å². The van der Waals surface area contributed by atoms with Gasteiger partial charge in [-0.2, -0.15) is 18.3 Å². The van der Waals surface area contributed by atoms with E-state index in [9.17, 15) is 18.0 Å². The number of alkyl halides is 3. The Kier molecular flexibility index (Phi) is 3.95. The lowest BCUT2D eigenvalue weighted by molar-refractivity contribution is -0.137. The first kappa shape index (κ1) is 16.9. The third-order valence-corrected chi connectivity index (χ3v) is 4.05. The summed E-state index contributed by atoms with van der Waals surface area (Å²) in [6.45, 7) is 0. The Balaban J connectivity index is 1.78. The summed E-state index contributed by atoms with van der Waals surface area (Å²) in [5.41, 5.74) is 1.15. The molecule has 0 aliphatic carbocycles. The van der Waals surface area contributed by atoms with Gasteiger partial charge in [0.15, 0.2) is 5.65 Å². The van der Waals surface area contributed by atoms with E-state index < -0.39 is 11.7 Å². The zero-order valence-corrected chi connectivity index (χ0v) is 13.7. The van der Waals surface area contributed by atoms with Crippen LogP contribution >= 0.6 is 0 Å². The smallest absolute Gasteiger partial charge is 0.287 e. The Bertz CT molecular complexity index is 1120. The molecule has 3 aromatic heterocycles. The highest BCUT2D eigenvalue weighted by atomic mass is 19.4. The summed E-state index contributed by atoms with van der Waals surface area (Å²) in [7, 11) is 0. The summed E-state index contributed by atoms with van der Waals surface area (Å²) >= 11 is 0. The number of hydrogen-bond acceptors (Lipinski definition) is 4. The number of halogens is 3. The van der Waals surface area contributed by atoms with Crippen LogP contribution in [0, 0.1) is 0 Å². The van der Waals surface area contributed by atoms with Gasteiger partial charge in [0.1, 0.15) is 5.69 Å². The van der Waals surface area contributed by atoms with E-state index in [0.717, 1.165) is 12.1 Å². The molecular weight excluding hydrogens is 357 g/mol. The third kappa shape index (κ3) is 3.05. The topological polar surface area (TPSA) is 60.2 Å². The first-order chi connectivity index (χ1) is 12.9. The van der Waals surface area contributed by atoms with Crippen LogP contribution in [0.2, 0.25) is 0 Å². The van der Waals surface area contributed by atoms with Crippen LogP contribution in [0.15, 0.2) is 67.1 Å².